The van der Waals surface area contributed by atoms with E-state index >= 15 is 0 Å². The SMILES string of the molecule is Cn1ccnc1CNCC1(N2CCCCC2)CCCCC1. The van der Waals surface area contributed by atoms with Gasteiger partial charge < -0.3 is 9.88 Å². The van der Waals surface area contributed by atoms with Gasteiger partial charge in [0.2, 0.25) is 0 Å². The van der Waals surface area contributed by atoms with Crippen LogP contribution in [0.15, 0.2) is 12.4 Å². The molecule has 2 heterocycles. The van der Waals surface area contributed by atoms with Crippen LogP contribution in [0.4, 0.5) is 0 Å². The van der Waals surface area contributed by atoms with Crippen molar-refractivity contribution < 1.29 is 0 Å². The number of likely N-dealkylation sites (tertiary alicyclic amines) is 1. The Labute approximate surface area is 128 Å². The molecule has 118 valence electrons. The third-order valence-electron chi connectivity index (χ3n) is 5.47. The molecule has 0 atom stereocenters. The molecular formula is C17H30N4. The van der Waals surface area contributed by atoms with E-state index in [1.165, 1.54) is 64.5 Å². The highest BCUT2D eigenvalue weighted by atomic mass is 15.2. The molecule has 1 aromatic heterocycles. The van der Waals surface area contributed by atoms with Gasteiger partial charge in [0, 0.05) is 31.5 Å². The van der Waals surface area contributed by atoms with Crippen LogP contribution in [0, 0.1) is 0 Å². The van der Waals surface area contributed by atoms with Gasteiger partial charge in [-0.1, -0.05) is 25.7 Å². The number of piperidine rings is 1. The summed E-state index contributed by atoms with van der Waals surface area (Å²) in [5.41, 5.74) is 0.420. The first-order valence-electron chi connectivity index (χ1n) is 8.72. The third-order valence-corrected chi connectivity index (χ3v) is 5.47. The van der Waals surface area contributed by atoms with Crippen LogP contribution in [0.3, 0.4) is 0 Å². The van der Waals surface area contributed by atoms with Crippen LogP contribution >= 0.6 is 0 Å². The van der Waals surface area contributed by atoms with Gasteiger partial charge in [0.05, 0.1) is 6.54 Å². The molecule has 0 bridgehead atoms. The fourth-order valence-corrected chi connectivity index (χ4v) is 4.16. The number of hydrogen-bond acceptors (Lipinski definition) is 3. The number of aromatic nitrogens is 2. The number of nitrogens with zero attached hydrogens (tertiary/aromatic N) is 3. The Morgan fingerprint density at radius 3 is 2.48 bits per heavy atom. The van der Waals surface area contributed by atoms with Gasteiger partial charge >= 0.3 is 0 Å². The van der Waals surface area contributed by atoms with Crippen LogP contribution < -0.4 is 5.32 Å². The number of imidazole rings is 1. The monoisotopic (exact) mass is 290 g/mol. The quantitative estimate of drug-likeness (QED) is 0.905. The standard InChI is InChI=1S/C17H30N4/c1-20-13-10-19-16(20)14-18-15-17(8-4-2-5-9-17)21-11-6-3-7-12-21/h10,13,18H,2-9,11-12,14-15H2,1H3. The predicted molar refractivity (Wildman–Crippen MR) is 86.2 cm³/mol. The molecule has 1 N–H and O–H groups in total. The minimum Gasteiger partial charge on any atom is -0.337 e. The highest BCUT2D eigenvalue weighted by Gasteiger charge is 2.37. The summed E-state index contributed by atoms with van der Waals surface area (Å²) in [6.07, 6.45) is 15.1. The van der Waals surface area contributed by atoms with Crippen LogP contribution in [-0.4, -0.2) is 39.6 Å². The zero-order valence-corrected chi connectivity index (χ0v) is 13.5. The number of rotatable bonds is 5. The first-order valence-corrected chi connectivity index (χ1v) is 8.72. The molecule has 2 aliphatic rings. The van der Waals surface area contributed by atoms with Crippen LogP contribution in [0.25, 0.3) is 0 Å². The summed E-state index contributed by atoms with van der Waals surface area (Å²) >= 11 is 0. The summed E-state index contributed by atoms with van der Waals surface area (Å²) in [5.74, 6) is 1.14. The summed E-state index contributed by atoms with van der Waals surface area (Å²) in [4.78, 5) is 7.23. The zero-order valence-electron chi connectivity index (χ0n) is 13.5. The second-order valence-electron chi connectivity index (χ2n) is 6.89. The van der Waals surface area contributed by atoms with Crippen LogP contribution in [-0.2, 0) is 13.6 Å². The van der Waals surface area contributed by atoms with Crippen molar-refractivity contribution in [1.82, 2.24) is 19.8 Å². The maximum absolute atomic E-state index is 4.42. The lowest BCUT2D eigenvalue weighted by molar-refractivity contribution is 0.0331. The summed E-state index contributed by atoms with van der Waals surface area (Å²) in [6.45, 7) is 4.63. The molecule has 0 radical (unpaired) electrons. The second-order valence-corrected chi connectivity index (χ2v) is 6.89. The van der Waals surface area contributed by atoms with E-state index in [4.69, 9.17) is 0 Å². The minimum absolute atomic E-state index is 0.420. The molecule has 0 spiro atoms. The first kappa shape index (κ1) is 15.0. The lowest BCUT2D eigenvalue weighted by Gasteiger charge is -2.48. The second kappa shape index (κ2) is 6.93. The molecule has 0 unspecified atom stereocenters. The van der Waals surface area contributed by atoms with Crippen LogP contribution in [0.1, 0.15) is 57.2 Å². The van der Waals surface area contributed by atoms with Crippen molar-refractivity contribution in [2.24, 2.45) is 7.05 Å². The molecule has 1 aromatic rings. The van der Waals surface area contributed by atoms with E-state index in [1.54, 1.807) is 0 Å². The van der Waals surface area contributed by atoms with Gasteiger partial charge in [-0.15, -0.1) is 0 Å². The molecule has 4 heteroatoms. The molecule has 21 heavy (non-hydrogen) atoms. The highest BCUT2D eigenvalue weighted by Crippen LogP contribution is 2.35. The van der Waals surface area contributed by atoms with Crippen molar-refractivity contribution >= 4 is 0 Å². The largest absolute Gasteiger partial charge is 0.337 e. The molecule has 1 aliphatic heterocycles. The van der Waals surface area contributed by atoms with Gasteiger partial charge in [-0.25, -0.2) is 4.98 Å². The summed E-state index contributed by atoms with van der Waals surface area (Å²) in [5, 5.41) is 3.71. The van der Waals surface area contributed by atoms with E-state index in [1.807, 2.05) is 12.4 Å². The minimum atomic E-state index is 0.420. The molecule has 1 saturated heterocycles. The maximum Gasteiger partial charge on any atom is 0.122 e. The van der Waals surface area contributed by atoms with E-state index in [-0.39, 0.29) is 0 Å². The Hall–Kier alpha value is -0.870. The predicted octanol–water partition coefficient (Wildman–Crippen LogP) is 2.70. The van der Waals surface area contributed by atoms with Gasteiger partial charge in [-0.05, 0) is 38.8 Å². The number of aryl methyl sites for hydroxylation is 1. The topological polar surface area (TPSA) is 33.1 Å². The number of hydrogen-bond donors (Lipinski definition) is 1. The molecule has 0 aromatic carbocycles. The lowest BCUT2D eigenvalue weighted by atomic mass is 9.79. The van der Waals surface area contributed by atoms with Gasteiger partial charge in [0.15, 0.2) is 0 Å². The Bertz CT molecular complexity index is 428. The third kappa shape index (κ3) is 3.49. The van der Waals surface area contributed by atoms with Crippen molar-refractivity contribution in [3.8, 4) is 0 Å². The molecular weight excluding hydrogens is 260 g/mol. The van der Waals surface area contributed by atoms with Gasteiger partial charge in [-0.2, -0.15) is 0 Å². The summed E-state index contributed by atoms with van der Waals surface area (Å²) < 4.78 is 2.11. The molecule has 3 rings (SSSR count). The Morgan fingerprint density at radius 2 is 1.81 bits per heavy atom. The zero-order chi connectivity index (χ0) is 14.5. The van der Waals surface area contributed by atoms with E-state index in [9.17, 15) is 0 Å². The van der Waals surface area contributed by atoms with E-state index in [0.29, 0.717) is 5.54 Å². The molecule has 0 amide bonds. The van der Waals surface area contributed by atoms with Crippen molar-refractivity contribution in [2.45, 2.75) is 63.5 Å². The average Bonchev–Trinajstić information content (AvgIpc) is 2.95. The van der Waals surface area contributed by atoms with Crippen molar-refractivity contribution in [2.75, 3.05) is 19.6 Å². The Balaban J connectivity index is 1.60. The fraction of sp³-hybridized carbons (Fsp3) is 0.824. The van der Waals surface area contributed by atoms with Crippen LogP contribution in [0.5, 0.6) is 0 Å². The highest BCUT2D eigenvalue weighted by molar-refractivity contribution is 4.97. The summed E-state index contributed by atoms with van der Waals surface area (Å²) in [7, 11) is 2.07. The van der Waals surface area contributed by atoms with Crippen molar-refractivity contribution in [3.05, 3.63) is 18.2 Å². The smallest absolute Gasteiger partial charge is 0.122 e. The number of nitrogens with one attached hydrogen (secondary N) is 1. The lowest BCUT2D eigenvalue weighted by Crippen LogP contribution is -2.57. The molecule has 1 aliphatic carbocycles. The molecule has 4 nitrogen and oxygen atoms in total. The summed E-state index contributed by atoms with van der Waals surface area (Å²) in [6, 6.07) is 0. The van der Waals surface area contributed by atoms with Crippen LogP contribution in [0.2, 0.25) is 0 Å². The maximum atomic E-state index is 4.42. The average molecular weight is 290 g/mol. The van der Waals surface area contributed by atoms with E-state index in [2.05, 4.69) is 26.8 Å². The van der Waals surface area contributed by atoms with E-state index in [0.717, 1.165) is 18.9 Å². The molecule has 2 fully saturated rings. The Kier molecular flexibility index (Phi) is 4.96. The normalized spacial score (nSPS) is 23.3. The van der Waals surface area contributed by atoms with Crippen molar-refractivity contribution in [1.29, 1.82) is 0 Å². The van der Waals surface area contributed by atoms with E-state index < -0.39 is 0 Å². The van der Waals surface area contributed by atoms with Gasteiger partial charge in [-0.3, -0.25) is 4.90 Å². The first-order chi connectivity index (χ1) is 10.3. The van der Waals surface area contributed by atoms with Gasteiger partial charge in [0.25, 0.3) is 0 Å². The van der Waals surface area contributed by atoms with Gasteiger partial charge in [0.1, 0.15) is 5.82 Å². The Morgan fingerprint density at radius 1 is 1.10 bits per heavy atom. The molecule has 1 saturated carbocycles. The van der Waals surface area contributed by atoms with Crippen molar-refractivity contribution in [3.63, 3.8) is 0 Å². The fourth-order valence-electron chi connectivity index (χ4n) is 4.16.